The summed E-state index contributed by atoms with van der Waals surface area (Å²) < 4.78 is 47.5. The number of hydrogen-bond donors (Lipinski definition) is 2. The minimum atomic E-state index is -3.35. The van der Waals surface area contributed by atoms with Crippen LogP contribution in [0.5, 0.6) is 5.88 Å². The van der Waals surface area contributed by atoms with Crippen LogP contribution < -0.4 is 26.2 Å². The van der Waals surface area contributed by atoms with E-state index in [0.29, 0.717) is 21.9 Å². The van der Waals surface area contributed by atoms with Crippen LogP contribution in [-0.4, -0.2) is 15.4 Å². The third-order valence-electron chi connectivity index (χ3n) is 4.61. The van der Waals surface area contributed by atoms with Crippen LogP contribution in [0.25, 0.3) is 11.8 Å². The lowest BCUT2D eigenvalue weighted by molar-refractivity contribution is 0.102. The van der Waals surface area contributed by atoms with Crippen molar-refractivity contribution in [1.29, 1.82) is 0 Å². The summed E-state index contributed by atoms with van der Waals surface area (Å²) in [6.45, 7) is 0. The molecule has 1 amide bonds. The van der Waals surface area contributed by atoms with E-state index in [0.717, 1.165) is 12.1 Å². The number of carbonyl (C=O) groups excluding carboxylic acids is 1. The predicted octanol–water partition coefficient (Wildman–Crippen LogP) is 3.80. The van der Waals surface area contributed by atoms with Gasteiger partial charge in [-0.05, 0) is 68.1 Å². The van der Waals surface area contributed by atoms with Gasteiger partial charge >= 0.3 is 3.93 Å². The molecule has 3 aromatic rings. The maximum absolute atomic E-state index is 14.0. The van der Waals surface area contributed by atoms with Crippen molar-refractivity contribution in [3.05, 3.63) is 93.6 Å². The summed E-state index contributed by atoms with van der Waals surface area (Å²) in [5, 5.41) is 3.62. The van der Waals surface area contributed by atoms with E-state index in [4.69, 9.17) is 10.5 Å². The molecule has 0 saturated heterocycles. The van der Waals surface area contributed by atoms with E-state index in [1.165, 1.54) is 12.3 Å². The average Bonchev–Trinajstić information content (AvgIpc) is 2.79. The first-order valence-electron chi connectivity index (χ1n) is 9.41. The van der Waals surface area contributed by atoms with Crippen LogP contribution in [0, 0.1) is 5.82 Å². The summed E-state index contributed by atoms with van der Waals surface area (Å²) in [5.41, 5.74) is 11.4. The smallest absolute Gasteiger partial charge is 0.319 e. The maximum Gasteiger partial charge on any atom is 0.319 e. The largest absolute Gasteiger partial charge is 0.430 e. The molecule has 1 aliphatic carbocycles. The van der Waals surface area contributed by atoms with Crippen molar-refractivity contribution in [3.8, 4) is 5.88 Å². The Morgan fingerprint density at radius 3 is 2.76 bits per heavy atom. The molecule has 1 aliphatic rings. The molecule has 1 aromatic heterocycles. The second kappa shape index (κ2) is 9.07. The number of pyridine rings is 1. The molecular formula is C24H15F3IN3O2. The summed E-state index contributed by atoms with van der Waals surface area (Å²) >= 11 is -1.83. The van der Waals surface area contributed by atoms with Crippen molar-refractivity contribution in [2.75, 3.05) is 11.1 Å². The number of carbonyl (C=O) groups is 1. The molecule has 5 nitrogen and oxygen atoms in total. The van der Waals surface area contributed by atoms with Gasteiger partial charge < -0.3 is 15.8 Å². The van der Waals surface area contributed by atoms with Gasteiger partial charge in [-0.15, -0.1) is 0 Å². The van der Waals surface area contributed by atoms with Crippen LogP contribution in [0.1, 0.15) is 15.9 Å². The molecular weight excluding hydrogens is 546 g/mol. The number of nitrogens with two attached hydrogens (primary N) is 1. The quantitative estimate of drug-likeness (QED) is 0.273. The Morgan fingerprint density at radius 1 is 1.18 bits per heavy atom. The highest BCUT2D eigenvalue weighted by Crippen LogP contribution is 2.40. The Bertz CT molecular complexity index is 1490. The molecule has 0 bridgehead atoms. The first kappa shape index (κ1) is 22.5. The molecule has 0 unspecified atom stereocenters. The summed E-state index contributed by atoms with van der Waals surface area (Å²) in [5.74, 6) is -1.01. The van der Waals surface area contributed by atoms with Crippen LogP contribution >= 0.6 is 20.7 Å². The lowest BCUT2D eigenvalue weighted by Gasteiger charge is -2.14. The molecule has 1 heterocycles. The maximum atomic E-state index is 14.0. The van der Waals surface area contributed by atoms with E-state index in [1.54, 1.807) is 36.4 Å². The first-order valence-corrected chi connectivity index (χ1v) is 12.0. The Balaban J connectivity index is 1.67. The van der Waals surface area contributed by atoms with Gasteiger partial charge in [-0.3, -0.25) is 4.79 Å². The van der Waals surface area contributed by atoms with E-state index in [1.807, 2.05) is 0 Å². The fourth-order valence-electron chi connectivity index (χ4n) is 3.06. The van der Waals surface area contributed by atoms with Gasteiger partial charge in [0.05, 0.1) is 11.1 Å². The number of nitrogens with one attached hydrogen (secondary N) is 1. The first-order chi connectivity index (χ1) is 15.8. The molecule has 0 radical (unpaired) electrons. The van der Waals surface area contributed by atoms with Gasteiger partial charge in [-0.25, -0.2) is 9.37 Å². The Hall–Kier alpha value is -3.65. The van der Waals surface area contributed by atoms with Gasteiger partial charge in [0.25, 0.3) is 5.91 Å². The highest BCUT2D eigenvalue weighted by atomic mass is 127. The van der Waals surface area contributed by atoms with Crippen molar-refractivity contribution in [1.82, 2.24) is 4.98 Å². The third-order valence-corrected chi connectivity index (χ3v) is 6.15. The molecule has 0 saturated carbocycles. The van der Waals surface area contributed by atoms with Crippen molar-refractivity contribution in [2.24, 2.45) is 0 Å². The van der Waals surface area contributed by atoms with Crippen LogP contribution in [0.3, 0.4) is 0 Å². The topological polar surface area (TPSA) is 77.2 Å². The number of hydrogen-bond acceptors (Lipinski definition) is 4. The van der Waals surface area contributed by atoms with Gasteiger partial charge in [-0.1, -0.05) is 22.4 Å². The third kappa shape index (κ3) is 4.90. The van der Waals surface area contributed by atoms with Crippen LogP contribution in [-0.2, 0) is 3.93 Å². The van der Waals surface area contributed by atoms with Crippen molar-refractivity contribution < 1.29 is 22.7 Å². The van der Waals surface area contributed by atoms with Gasteiger partial charge in [0, 0.05) is 28.9 Å². The normalized spacial score (nSPS) is 12.2. The number of amides is 1. The lowest BCUT2D eigenvalue weighted by Crippen LogP contribution is -2.33. The number of fused-ring (bicyclic) bond motifs is 1. The lowest BCUT2D eigenvalue weighted by atomic mass is 10.1. The van der Waals surface area contributed by atoms with E-state index in [-0.39, 0.29) is 17.1 Å². The minimum Gasteiger partial charge on any atom is -0.430 e. The number of nitrogens with zero attached hydrogens (tertiary/aromatic N) is 1. The molecule has 0 fully saturated rings. The number of allylic oxidation sites excluding steroid dienone is 1. The molecule has 0 aliphatic heterocycles. The molecule has 166 valence electrons. The van der Waals surface area contributed by atoms with Gasteiger partial charge in [-0.2, -0.15) is 8.78 Å². The molecule has 33 heavy (non-hydrogen) atoms. The van der Waals surface area contributed by atoms with Crippen molar-refractivity contribution >= 4 is 54.3 Å². The van der Waals surface area contributed by atoms with E-state index in [2.05, 4.69) is 26.3 Å². The van der Waals surface area contributed by atoms with Gasteiger partial charge in [0.2, 0.25) is 5.88 Å². The number of rotatable bonds is 6. The summed E-state index contributed by atoms with van der Waals surface area (Å²) in [4.78, 5) is 16.9. The zero-order valence-electron chi connectivity index (χ0n) is 16.8. The van der Waals surface area contributed by atoms with Crippen molar-refractivity contribution in [2.45, 2.75) is 3.93 Å². The second-order valence-electron chi connectivity index (χ2n) is 6.84. The zero-order valence-corrected chi connectivity index (χ0v) is 19.0. The Morgan fingerprint density at radius 2 is 2.00 bits per heavy atom. The number of alkyl halides is 3. The van der Waals surface area contributed by atoms with E-state index < -0.39 is 41.9 Å². The fraction of sp³-hybridized carbons (Fsp3) is 0.0417. The standard InChI is InChI=1S/C24H15F3IN3O2/c1-28-24(26,27)20-13-16(5-8-21(20)25)31-23(32)19-4-2-3-14-11-17(6-7-18(14)19)33-22-12-15(29)9-10-30-22/h2-5,8-13H,1H2,(H2,29,30)(H,31,32). The second-order valence-corrected chi connectivity index (χ2v) is 8.96. The van der Waals surface area contributed by atoms with E-state index in [9.17, 15) is 18.0 Å². The Kier molecular flexibility index (Phi) is 6.20. The van der Waals surface area contributed by atoms with Gasteiger partial charge in [0.15, 0.2) is 5.76 Å². The Labute approximate surface area is 196 Å². The number of aromatic nitrogens is 1. The summed E-state index contributed by atoms with van der Waals surface area (Å²) in [6, 6.07) is 11.2. The van der Waals surface area contributed by atoms with Gasteiger partial charge in [0.1, 0.15) is 5.82 Å². The van der Waals surface area contributed by atoms with E-state index >= 15 is 0 Å². The fourth-order valence-corrected chi connectivity index (χ4v) is 3.88. The molecule has 4 rings (SSSR count). The predicted molar refractivity (Wildman–Crippen MR) is 129 cm³/mol. The number of anilines is 2. The molecule has 9 heteroatoms. The molecule has 0 spiro atoms. The molecule has 0 atom stereocenters. The van der Waals surface area contributed by atoms with Crippen LogP contribution in [0.2, 0.25) is 0 Å². The molecule has 2 aromatic carbocycles. The highest BCUT2D eigenvalue weighted by molar-refractivity contribution is 14.2. The van der Waals surface area contributed by atoms with Crippen molar-refractivity contribution in [3.63, 3.8) is 0 Å². The van der Waals surface area contributed by atoms with Crippen LogP contribution in [0.15, 0.2) is 66.2 Å². The monoisotopic (exact) mass is 561 g/mol. The highest BCUT2D eigenvalue weighted by Gasteiger charge is 2.32. The number of nitrogen functional groups attached to an aromatic ring is 1. The average molecular weight is 561 g/mol. The number of halogens is 4. The number of benzene rings is 2. The SMILES string of the molecule is C=IC(F)(F)c1cc(NC(=O)c2cccc3c2=C=C=C(Oc2cc(N)ccn2)C=3)ccc1F. The summed E-state index contributed by atoms with van der Waals surface area (Å²) in [6.07, 6.45) is 3.16. The zero-order chi connectivity index (χ0) is 23.6. The molecule has 3 N–H and O–H groups in total. The summed E-state index contributed by atoms with van der Waals surface area (Å²) in [7, 11) is 0. The van der Waals surface area contributed by atoms with Crippen LogP contribution in [0.4, 0.5) is 24.5 Å². The number of ether oxygens (including phenoxy) is 1. The minimum absolute atomic E-state index is 0.0437.